The summed E-state index contributed by atoms with van der Waals surface area (Å²) in [4.78, 5) is 13.8. The molecule has 1 N–H and O–H groups in total. The normalized spacial score (nSPS) is 27.3. The van der Waals surface area contributed by atoms with E-state index in [-0.39, 0.29) is 6.09 Å². The molecular formula is C16H30N2O3. The van der Waals surface area contributed by atoms with Gasteiger partial charge in [-0.3, -0.25) is 0 Å². The molecule has 2 fully saturated rings. The molecule has 1 saturated carbocycles. The summed E-state index contributed by atoms with van der Waals surface area (Å²) in [7, 11) is 1.78. The highest BCUT2D eigenvalue weighted by Crippen LogP contribution is 2.24. The van der Waals surface area contributed by atoms with E-state index in [2.05, 4.69) is 5.32 Å². The Labute approximate surface area is 128 Å². The summed E-state index contributed by atoms with van der Waals surface area (Å²) >= 11 is 0. The number of carbonyl (C=O) groups excluding carboxylic acids is 1. The third-order valence-electron chi connectivity index (χ3n) is 4.39. The molecule has 2 aliphatic rings. The number of hydrogen-bond donors (Lipinski definition) is 1. The topological polar surface area (TPSA) is 50.8 Å². The van der Waals surface area contributed by atoms with E-state index in [1.54, 1.807) is 7.11 Å². The lowest BCUT2D eigenvalue weighted by atomic mass is 9.88. The van der Waals surface area contributed by atoms with E-state index < -0.39 is 5.60 Å². The van der Waals surface area contributed by atoms with Gasteiger partial charge in [0.05, 0.1) is 6.10 Å². The molecule has 0 unspecified atom stereocenters. The first-order chi connectivity index (χ1) is 9.87. The number of amides is 1. The molecule has 21 heavy (non-hydrogen) atoms. The average molecular weight is 298 g/mol. The molecule has 5 heteroatoms. The molecule has 1 saturated heterocycles. The van der Waals surface area contributed by atoms with Gasteiger partial charge >= 0.3 is 6.09 Å². The van der Waals surface area contributed by atoms with Gasteiger partial charge in [0.25, 0.3) is 0 Å². The number of carbonyl (C=O) groups is 1. The first-order valence-corrected chi connectivity index (χ1v) is 8.11. The van der Waals surface area contributed by atoms with Crippen molar-refractivity contribution < 1.29 is 14.3 Å². The smallest absolute Gasteiger partial charge is 0.410 e. The quantitative estimate of drug-likeness (QED) is 0.866. The van der Waals surface area contributed by atoms with Crippen LogP contribution in [0.1, 0.15) is 46.5 Å². The van der Waals surface area contributed by atoms with Crippen LogP contribution < -0.4 is 5.32 Å². The van der Waals surface area contributed by atoms with Crippen molar-refractivity contribution in [3.8, 4) is 0 Å². The molecule has 0 radical (unpaired) electrons. The van der Waals surface area contributed by atoms with Crippen molar-refractivity contribution in [3.05, 3.63) is 0 Å². The van der Waals surface area contributed by atoms with Crippen molar-refractivity contribution in [1.82, 2.24) is 10.2 Å². The molecule has 1 heterocycles. The second-order valence-electron chi connectivity index (χ2n) is 7.35. The van der Waals surface area contributed by atoms with Gasteiger partial charge in [0, 0.05) is 26.2 Å². The number of hydrogen-bond acceptors (Lipinski definition) is 4. The monoisotopic (exact) mass is 298 g/mol. The second-order valence-corrected chi connectivity index (χ2v) is 7.35. The zero-order chi connectivity index (χ0) is 15.5. The van der Waals surface area contributed by atoms with E-state index >= 15 is 0 Å². The predicted molar refractivity (Wildman–Crippen MR) is 82.4 cm³/mol. The van der Waals surface area contributed by atoms with Gasteiger partial charge in [-0.15, -0.1) is 0 Å². The number of nitrogens with zero attached hydrogens (tertiary/aromatic N) is 1. The highest BCUT2D eigenvalue weighted by Gasteiger charge is 2.30. The summed E-state index contributed by atoms with van der Waals surface area (Å²) in [5.74, 6) is 0.672. The zero-order valence-corrected chi connectivity index (χ0v) is 13.9. The summed E-state index contributed by atoms with van der Waals surface area (Å²) in [6, 6.07) is 0.624. The number of piperidine rings is 1. The van der Waals surface area contributed by atoms with E-state index in [0.717, 1.165) is 45.3 Å². The predicted octanol–water partition coefficient (Wildman–Crippen LogP) is 2.40. The van der Waals surface area contributed by atoms with Crippen molar-refractivity contribution >= 4 is 6.09 Å². The minimum absolute atomic E-state index is 0.171. The Morgan fingerprint density at radius 3 is 2.38 bits per heavy atom. The molecule has 1 aliphatic carbocycles. The summed E-state index contributed by atoms with van der Waals surface area (Å²) in [5.41, 5.74) is -0.405. The maximum Gasteiger partial charge on any atom is 0.410 e. The summed E-state index contributed by atoms with van der Waals surface area (Å²) in [6.07, 6.45) is 4.67. The molecule has 0 bridgehead atoms. The molecule has 2 rings (SSSR count). The molecule has 0 aromatic heterocycles. The van der Waals surface area contributed by atoms with Gasteiger partial charge in [-0.2, -0.15) is 0 Å². The Balaban J connectivity index is 1.61. The van der Waals surface area contributed by atoms with Crippen LogP contribution in [0.4, 0.5) is 4.79 Å². The lowest BCUT2D eigenvalue weighted by Crippen LogP contribution is -2.48. The number of methoxy groups -OCH3 is 1. The van der Waals surface area contributed by atoms with Crippen LogP contribution in [-0.4, -0.2) is 55.5 Å². The summed E-state index contributed by atoms with van der Waals surface area (Å²) < 4.78 is 10.7. The van der Waals surface area contributed by atoms with Gasteiger partial charge < -0.3 is 19.7 Å². The van der Waals surface area contributed by atoms with Gasteiger partial charge in [-0.05, 0) is 58.9 Å². The third kappa shape index (κ3) is 5.15. The lowest BCUT2D eigenvalue weighted by molar-refractivity contribution is 0.0114. The maximum absolute atomic E-state index is 12.0. The largest absolute Gasteiger partial charge is 0.444 e. The Bertz CT molecular complexity index is 340. The molecular weight excluding hydrogens is 268 g/mol. The molecule has 0 atom stereocenters. The van der Waals surface area contributed by atoms with Crippen LogP contribution in [0, 0.1) is 5.92 Å². The lowest BCUT2D eigenvalue weighted by Gasteiger charge is -2.37. The Morgan fingerprint density at radius 1 is 1.24 bits per heavy atom. The van der Waals surface area contributed by atoms with Gasteiger partial charge in [0.15, 0.2) is 0 Å². The standard InChI is InChI=1S/C16H30N2O3/c1-16(2,3)21-15(19)18-7-5-12(6-8-18)11-17-13-9-14(10-13)20-4/h12-14,17H,5-11H2,1-4H3. The van der Waals surface area contributed by atoms with E-state index in [4.69, 9.17) is 9.47 Å². The van der Waals surface area contributed by atoms with Crippen LogP contribution in [0.5, 0.6) is 0 Å². The molecule has 5 nitrogen and oxygen atoms in total. The van der Waals surface area contributed by atoms with Crippen molar-refractivity contribution in [1.29, 1.82) is 0 Å². The minimum atomic E-state index is -0.405. The average Bonchev–Trinajstić information content (AvgIpc) is 2.36. The van der Waals surface area contributed by atoms with Crippen molar-refractivity contribution in [2.24, 2.45) is 5.92 Å². The fourth-order valence-electron chi connectivity index (χ4n) is 2.90. The van der Waals surface area contributed by atoms with E-state index in [1.165, 1.54) is 0 Å². The Morgan fingerprint density at radius 2 is 1.86 bits per heavy atom. The van der Waals surface area contributed by atoms with Crippen LogP contribution in [0.3, 0.4) is 0 Å². The molecule has 1 aliphatic heterocycles. The fourth-order valence-corrected chi connectivity index (χ4v) is 2.90. The number of nitrogens with one attached hydrogen (secondary N) is 1. The van der Waals surface area contributed by atoms with Crippen molar-refractivity contribution in [2.45, 2.75) is 64.2 Å². The van der Waals surface area contributed by atoms with Crippen LogP contribution in [0.25, 0.3) is 0 Å². The van der Waals surface area contributed by atoms with Crippen molar-refractivity contribution in [2.75, 3.05) is 26.7 Å². The molecule has 1 amide bonds. The molecule has 0 spiro atoms. The van der Waals surface area contributed by atoms with Crippen LogP contribution in [-0.2, 0) is 9.47 Å². The molecule has 0 aromatic carbocycles. The number of ether oxygens (including phenoxy) is 2. The van der Waals surface area contributed by atoms with E-state index in [1.807, 2.05) is 25.7 Å². The molecule has 0 aromatic rings. The highest BCUT2D eigenvalue weighted by molar-refractivity contribution is 5.68. The summed E-state index contributed by atoms with van der Waals surface area (Å²) in [6.45, 7) is 8.41. The summed E-state index contributed by atoms with van der Waals surface area (Å²) in [5, 5.41) is 3.62. The first-order valence-electron chi connectivity index (χ1n) is 8.11. The maximum atomic E-state index is 12.0. The third-order valence-corrected chi connectivity index (χ3v) is 4.39. The highest BCUT2D eigenvalue weighted by atomic mass is 16.6. The fraction of sp³-hybridized carbons (Fsp3) is 0.938. The Kier molecular flexibility index (Phi) is 5.49. The second kappa shape index (κ2) is 6.97. The first kappa shape index (κ1) is 16.6. The van der Waals surface area contributed by atoms with Gasteiger partial charge in [-0.25, -0.2) is 4.79 Å². The van der Waals surface area contributed by atoms with Gasteiger partial charge in [-0.1, -0.05) is 0 Å². The van der Waals surface area contributed by atoms with Crippen LogP contribution in [0.15, 0.2) is 0 Å². The van der Waals surface area contributed by atoms with Crippen LogP contribution in [0.2, 0.25) is 0 Å². The SMILES string of the molecule is COC1CC(NCC2CCN(C(=O)OC(C)(C)C)CC2)C1. The zero-order valence-electron chi connectivity index (χ0n) is 13.9. The van der Waals surface area contributed by atoms with Crippen molar-refractivity contribution in [3.63, 3.8) is 0 Å². The van der Waals surface area contributed by atoms with E-state index in [0.29, 0.717) is 18.1 Å². The number of likely N-dealkylation sites (tertiary alicyclic amines) is 1. The Hall–Kier alpha value is -0.810. The minimum Gasteiger partial charge on any atom is -0.444 e. The molecule has 122 valence electrons. The van der Waals surface area contributed by atoms with Crippen LogP contribution >= 0.6 is 0 Å². The van der Waals surface area contributed by atoms with Gasteiger partial charge in [0.1, 0.15) is 5.60 Å². The number of rotatable bonds is 4. The van der Waals surface area contributed by atoms with Gasteiger partial charge in [0.2, 0.25) is 0 Å². The van der Waals surface area contributed by atoms with E-state index in [9.17, 15) is 4.79 Å².